The van der Waals surface area contributed by atoms with Gasteiger partial charge in [0.25, 0.3) is 0 Å². The molecule has 0 radical (unpaired) electrons. The van der Waals surface area contributed by atoms with Crippen molar-refractivity contribution < 1.29 is 9.59 Å². The summed E-state index contributed by atoms with van der Waals surface area (Å²) in [5, 5.41) is 3.01. The Morgan fingerprint density at radius 3 is 2.23 bits per heavy atom. The number of nitrogens with two attached hydrogens (primary N) is 1. The number of carbonyl (C=O) groups excluding carboxylic acids is 2. The van der Waals surface area contributed by atoms with Gasteiger partial charge in [0, 0.05) is 44.3 Å². The molecule has 0 spiro atoms. The first-order valence-corrected chi connectivity index (χ1v) is 10.2. The highest BCUT2D eigenvalue weighted by molar-refractivity contribution is 5.93. The van der Waals surface area contributed by atoms with Crippen LogP contribution in [-0.4, -0.2) is 54.3 Å². The molecule has 2 aromatic rings. The van der Waals surface area contributed by atoms with Gasteiger partial charge in [0.15, 0.2) is 0 Å². The second-order valence-corrected chi connectivity index (χ2v) is 7.44. The Morgan fingerprint density at radius 1 is 0.968 bits per heavy atom. The van der Waals surface area contributed by atoms with Gasteiger partial charge in [0.2, 0.25) is 11.8 Å². The summed E-state index contributed by atoms with van der Waals surface area (Å²) in [5.41, 5.74) is 9.17. The quantitative estimate of drug-likeness (QED) is 0.655. The molecule has 1 fully saturated rings. The topological polar surface area (TPSA) is 78.7 Å². The second-order valence-electron chi connectivity index (χ2n) is 7.44. The van der Waals surface area contributed by atoms with Crippen LogP contribution in [0, 0.1) is 0 Å². The van der Waals surface area contributed by atoms with E-state index >= 15 is 0 Å². The van der Waals surface area contributed by atoms with Gasteiger partial charge in [-0.25, -0.2) is 0 Å². The number of nitrogens with one attached hydrogen (secondary N) is 1. The first kappa shape index (κ1) is 26.9. The van der Waals surface area contributed by atoms with Gasteiger partial charge in [-0.15, -0.1) is 24.8 Å². The van der Waals surface area contributed by atoms with Crippen LogP contribution in [0.1, 0.15) is 30.5 Å². The largest absolute Gasteiger partial charge is 0.340 e. The van der Waals surface area contributed by atoms with Crippen LogP contribution in [0.25, 0.3) is 0 Å². The zero-order valence-corrected chi connectivity index (χ0v) is 19.5. The third kappa shape index (κ3) is 7.82. The summed E-state index contributed by atoms with van der Waals surface area (Å²) in [6.07, 6.45) is 1.18. The number of anilines is 1. The van der Waals surface area contributed by atoms with Gasteiger partial charge in [-0.2, -0.15) is 0 Å². The molecule has 8 heteroatoms. The Hall–Kier alpha value is -2.12. The summed E-state index contributed by atoms with van der Waals surface area (Å²) in [7, 11) is 0. The van der Waals surface area contributed by atoms with Crippen molar-refractivity contribution in [2.24, 2.45) is 5.73 Å². The van der Waals surface area contributed by atoms with Crippen molar-refractivity contribution in [3.8, 4) is 0 Å². The Bertz CT molecular complexity index is 827. The normalized spacial score (nSPS) is 14.7. The zero-order valence-electron chi connectivity index (χ0n) is 17.8. The number of hydrogen-bond donors (Lipinski definition) is 2. The van der Waals surface area contributed by atoms with Gasteiger partial charge in [0.05, 0.1) is 6.54 Å². The lowest BCUT2D eigenvalue weighted by molar-refractivity contribution is -0.133. The van der Waals surface area contributed by atoms with Crippen LogP contribution in [0.3, 0.4) is 0 Å². The molecule has 1 atom stereocenters. The minimum atomic E-state index is -0.286. The predicted molar refractivity (Wildman–Crippen MR) is 130 cm³/mol. The number of rotatable bonds is 7. The summed E-state index contributed by atoms with van der Waals surface area (Å²) in [6.45, 7) is 5.04. The molecule has 2 amide bonds. The number of carbonyl (C=O) groups is 2. The standard InChI is InChI=1S/C23H30N4O2.2ClH/c1-2-18-8-6-7-11-21(18)25-22(28)17-26-12-14-27(15-13-26)23(29)16-20(24)19-9-4-3-5-10-19;;/h3-11,20H,2,12-17,24H2,1H3,(H,25,28);2*1H. The van der Waals surface area contributed by atoms with Gasteiger partial charge >= 0.3 is 0 Å². The molecule has 0 aliphatic carbocycles. The maximum absolute atomic E-state index is 12.6. The second kappa shape index (κ2) is 13.3. The Labute approximate surface area is 197 Å². The number of aryl methyl sites for hydroxylation is 1. The van der Waals surface area contributed by atoms with Crippen LogP contribution < -0.4 is 11.1 Å². The number of benzene rings is 2. The zero-order chi connectivity index (χ0) is 20.6. The van der Waals surface area contributed by atoms with Crippen LogP contribution in [0.15, 0.2) is 54.6 Å². The molecule has 1 saturated heterocycles. The fourth-order valence-electron chi connectivity index (χ4n) is 3.63. The molecule has 1 aliphatic heterocycles. The summed E-state index contributed by atoms with van der Waals surface area (Å²) in [6, 6.07) is 17.3. The van der Waals surface area contributed by atoms with Crippen LogP contribution in [-0.2, 0) is 16.0 Å². The van der Waals surface area contributed by atoms with Crippen molar-refractivity contribution in [1.29, 1.82) is 0 Å². The first-order chi connectivity index (χ1) is 14.1. The van der Waals surface area contributed by atoms with Crippen LogP contribution in [0.2, 0.25) is 0 Å². The Kier molecular flexibility index (Phi) is 11.6. The number of amides is 2. The minimum Gasteiger partial charge on any atom is -0.340 e. The van der Waals surface area contributed by atoms with E-state index in [1.165, 1.54) is 0 Å². The van der Waals surface area contributed by atoms with Crippen molar-refractivity contribution in [3.63, 3.8) is 0 Å². The summed E-state index contributed by atoms with van der Waals surface area (Å²) in [4.78, 5) is 28.9. The van der Waals surface area contributed by atoms with Crippen molar-refractivity contribution in [1.82, 2.24) is 9.80 Å². The lowest BCUT2D eigenvalue weighted by Crippen LogP contribution is -2.50. The minimum absolute atomic E-state index is 0. The number of hydrogen-bond acceptors (Lipinski definition) is 4. The van der Waals surface area contributed by atoms with E-state index in [2.05, 4.69) is 17.1 Å². The molecular weight excluding hydrogens is 435 g/mol. The lowest BCUT2D eigenvalue weighted by atomic mass is 10.0. The third-order valence-electron chi connectivity index (χ3n) is 5.39. The van der Waals surface area contributed by atoms with Gasteiger partial charge in [-0.1, -0.05) is 55.5 Å². The highest BCUT2D eigenvalue weighted by Gasteiger charge is 2.24. The monoisotopic (exact) mass is 466 g/mol. The van der Waals surface area contributed by atoms with E-state index in [0.717, 1.165) is 23.2 Å². The molecule has 0 bridgehead atoms. The SMILES string of the molecule is CCc1ccccc1NC(=O)CN1CCN(C(=O)CC(N)c2ccccc2)CC1.Cl.Cl. The van der Waals surface area contributed by atoms with E-state index in [1.54, 1.807) is 0 Å². The molecule has 0 aromatic heterocycles. The van der Waals surface area contributed by atoms with E-state index in [-0.39, 0.29) is 42.7 Å². The highest BCUT2D eigenvalue weighted by atomic mass is 35.5. The molecule has 3 N–H and O–H groups in total. The molecule has 1 aliphatic rings. The van der Waals surface area contributed by atoms with Gasteiger partial charge in [0.1, 0.15) is 0 Å². The van der Waals surface area contributed by atoms with Crippen molar-refractivity contribution >= 4 is 42.3 Å². The van der Waals surface area contributed by atoms with Gasteiger partial charge in [-0.3, -0.25) is 14.5 Å². The molecule has 1 unspecified atom stereocenters. The molecule has 6 nitrogen and oxygen atoms in total. The average Bonchev–Trinajstić information content (AvgIpc) is 2.75. The third-order valence-corrected chi connectivity index (χ3v) is 5.39. The van der Waals surface area contributed by atoms with E-state index in [4.69, 9.17) is 5.73 Å². The average molecular weight is 467 g/mol. The van der Waals surface area contributed by atoms with E-state index in [1.807, 2.05) is 59.5 Å². The van der Waals surface area contributed by atoms with Crippen LogP contribution in [0.5, 0.6) is 0 Å². The van der Waals surface area contributed by atoms with Crippen molar-refractivity contribution in [3.05, 3.63) is 65.7 Å². The first-order valence-electron chi connectivity index (χ1n) is 10.2. The molecule has 170 valence electrons. The number of nitrogens with zero attached hydrogens (tertiary/aromatic N) is 2. The Morgan fingerprint density at radius 2 is 1.58 bits per heavy atom. The summed E-state index contributed by atoms with van der Waals surface area (Å²) in [5.74, 6) is 0.0547. The maximum atomic E-state index is 12.6. The van der Waals surface area contributed by atoms with Gasteiger partial charge in [-0.05, 0) is 23.6 Å². The van der Waals surface area contributed by atoms with Crippen molar-refractivity contribution in [2.75, 3.05) is 38.0 Å². The van der Waals surface area contributed by atoms with E-state index < -0.39 is 0 Å². The smallest absolute Gasteiger partial charge is 0.238 e. The van der Waals surface area contributed by atoms with E-state index in [0.29, 0.717) is 39.1 Å². The van der Waals surface area contributed by atoms with Crippen LogP contribution >= 0.6 is 24.8 Å². The number of para-hydroxylation sites is 1. The molecule has 1 heterocycles. The summed E-state index contributed by atoms with van der Waals surface area (Å²) >= 11 is 0. The van der Waals surface area contributed by atoms with Crippen LogP contribution in [0.4, 0.5) is 5.69 Å². The van der Waals surface area contributed by atoms with E-state index in [9.17, 15) is 9.59 Å². The number of piperazine rings is 1. The fraction of sp³-hybridized carbons (Fsp3) is 0.391. The molecule has 31 heavy (non-hydrogen) atoms. The molecule has 3 rings (SSSR count). The van der Waals surface area contributed by atoms with Crippen molar-refractivity contribution in [2.45, 2.75) is 25.8 Å². The summed E-state index contributed by atoms with van der Waals surface area (Å²) < 4.78 is 0. The lowest BCUT2D eigenvalue weighted by Gasteiger charge is -2.34. The fourth-order valence-corrected chi connectivity index (χ4v) is 3.63. The molecule has 2 aromatic carbocycles. The van der Waals surface area contributed by atoms with Gasteiger partial charge < -0.3 is 16.0 Å². The maximum Gasteiger partial charge on any atom is 0.238 e. The predicted octanol–water partition coefficient (Wildman–Crippen LogP) is 3.27. The highest BCUT2D eigenvalue weighted by Crippen LogP contribution is 2.17. The Balaban J connectivity index is 0.00000240. The number of halogens is 2. The molecule has 0 saturated carbocycles. The molecular formula is C23H32Cl2N4O2.